The Morgan fingerprint density at radius 2 is 1.80 bits per heavy atom. The van der Waals surface area contributed by atoms with E-state index in [2.05, 4.69) is 5.32 Å². The van der Waals surface area contributed by atoms with Crippen LogP contribution in [0.1, 0.15) is 33.6 Å². The van der Waals surface area contributed by atoms with Crippen molar-refractivity contribution >= 4 is 23.6 Å². The van der Waals surface area contributed by atoms with E-state index in [-0.39, 0.29) is 23.9 Å². The van der Waals surface area contributed by atoms with Crippen LogP contribution in [-0.4, -0.2) is 41.6 Å². The molecule has 2 rings (SSSR count). The summed E-state index contributed by atoms with van der Waals surface area (Å²) in [5.74, 6) is 0.907. The van der Waals surface area contributed by atoms with E-state index in [9.17, 15) is 9.59 Å². The minimum absolute atomic E-state index is 0.0400. The average Bonchev–Trinajstić information content (AvgIpc) is 2.83. The maximum Gasteiger partial charge on any atom is 0.410 e. The van der Waals surface area contributed by atoms with Gasteiger partial charge in [-0.05, 0) is 45.4 Å². The van der Waals surface area contributed by atoms with Crippen LogP contribution in [0, 0.1) is 17.8 Å². The minimum Gasteiger partial charge on any atom is -0.444 e. The first-order chi connectivity index (χ1) is 9.30. The lowest BCUT2D eigenvalue weighted by Gasteiger charge is -2.25. The topological polar surface area (TPSA) is 58.6 Å². The Bertz CT molecular complexity index is 380. The average molecular weight is 303 g/mol. The number of hydrogen-bond donors (Lipinski definition) is 1. The van der Waals surface area contributed by atoms with Gasteiger partial charge in [0.25, 0.3) is 0 Å². The second-order valence-corrected chi connectivity index (χ2v) is 7.02. The number of halogens is 1. The minimum atomic E-state index is -0.461. The first-order valence-corrected chi connectivity index (χ1v) is 7.65. The molecule has 6 heteroatoms. The number of amides is 2. The van der Waals surface area contributed by atoms with Crippen LogP contribution in [0.2, 0.25) is 0 Å². The maximum absolute atomic E-state index is 12.0. The molecule has 2 amide bonds. The van der Waals surface area contributed by atoms with Crippen LogP contribution < -0.4 is 5.32 Å². The molecular weight excluding hydrogens is 280 g/mol. The van der Waals surface area contributed by atoms with Gasteiger partial charge in [0.05, 0.1) is 6.00 Å². The van der Waals surface area contributed by atoms with Gasteiger partial charge in [0.1, 0.15) is 5.60 Å². The Morgan fingerprint density at radius 1 is 1.25 bits per heavy atom. The van der Waals surface area contributed by atoms with E-state index in [0.29, 0.717) is 24.9 Å². The standard InChI is InChI=1S/C14H23ClN2O3/c1-14(2,3)20-13(19)17-6-10-4-9(5-11(10)7-17)12(18)16-8-15/h9-11H,4-8H2,1-3H3,(H,16,18). The molecule has 2 aliphatic rings. The van der Waals surface area contributed by atoms with E-state index in [1.54, 1.807) is 4.90 Å². The number of likely N-dealkylation sites (tertiary alicyclic amines) is 1. The molecule has 1 saturated heterocycles. The summed E-state index contributed by atoms with van der Waals surface area (Å²) < 4.78 is 5.39. The summed E-state index contributed by atoms with van der Waals surface area (Å²) in [6.45, 7) is 7.01. The number of alkyl halides is 1. The molecule has 114 valence electrons. The van der Waals surface area contributed by atoms with Crippen LogP contribution in [0.4, 0.5) is 4.79 Å². The summed E-state index contributed by atoms with van der Waals surface area (Å²) in [6, 6.07) is 0.161. The number of fused-ring (bicyclic) bond motifs is 1. The van der Waals surface area contributed by atoms with Crippen LogP contribution in [0.3, 0.4) is 0 Å². The summed E-state index contributed by atoms with van der Waals surface area (Å²) in [4.78, 5) is 25.6. The van der Waals surface area contributed by atoms with Gasteiger partial charge in [0, 0.05) is 19.0 Å². The summed E-state index contributed by atoms with van der Waals surface area (Å²) in [6.07, 6.45) is 1.44. The van der Waals surface area contributed by atoms with Crippen LogP contribution in [0.5, 0.6) is 0 Å². The second-order valence-electron chi connectivity index (χ2n) is 6.75. The van der Waals surface area contributed by atoms with Gasteiger partial charge in [-0.25, -0.2) is 4.79 Å². The Labute approximate surface area is 125 Å². The zero-order valence-electron chi connectivity index (χ0n) is 12.3. The number of hydrogen-bond acceptors (Lipinski definition) is 3. The van der Waals surface area contributed by atoms with Gasteiger partial charge in [-0.2, -0.15) is 0 Å². The van der Waals surface area contributed by atoms with Crippen molar-refractivity contribution < 1.29 is 14.3 Å². The zero-order valence-corrected chi connectivity index (χ0v) is 13.1. The summed E-state index contributed by atoms with van der Waals surface area (Å²) in [7, 11) is 0. The molecule has 2 fully saturated rings. The quantitative estimate of drug-likeness (QED) is 0.628. The van der Waals surface area contributed by atoms with Crippen molar-refractivity contribution in [1.29, 1.82) is 0 Å². The van der Waals surface area contributed by atoms with Gasteiger partial charge in [-0.15, -0.1) is 11.6 Å². The Hall–Kier alpha value is -0.970. The van der Waals surface area contributed by atoms with Gasteiger partial charge < -0.3 is 15.0 Å². The molecule has 5 nitrogen and oxygen atoms in total. The first-order valence-electron chi connectivity index (χ1n) is 7.11. The molecule has 0 spiro atoms. The van der Waals surface area contributed by atoms with Crippen molar-refractivity contribution in [3.63, 3.8) is 0 Å². The monoisotopic (exact) mass is 302 g/mol. The van der Waals surface area contributed by atoms with E-state index in [0.717, 1.165) is 12.8 Å². The summed E-state index contributed by atoms with van der Waals surface area (Å²) >= 11 is 5.52. The molecule has 1 aliphatic heterocycles. The SMILES string of the molecule is CC(C)(C)OC(=O)N1CC2CC(C(=O)NCCl)CC2C1. The van der Waals surface area contributed by atoms with E-state index < -0.39 is 5.60 Å². The lowest BCUT2D eigenvalue weighted by Crippen LogP contribution is -2.36. The van der Waals surface area contributed by atoms with Crippen LogP contribution in [-0.2, 0) is 9.53 Å². The fourth-order valence-corrected chi connectivity index (χ4v) is 3.33. The number of nitrogens with zero attached hydrogens (tertiary/aromatic N) is 1. The molecule has 0 aromatic rings. The predicted octanol–water partition coefficient (Wildman–Crippen LogP) is 2.19. The van der Waals surface area contributed by atoms with Gasteiger partial charge in [0.15, 0.2) is 0 Å². The molecule has 0 radical (unpaired) electrons. The largest absolute Gasteiger partial charge is 0.444 e. The summed E-state index contributed by atoms with van der Waals surface area (Å²) in [5.41, 5.74) is -0.461. The molecule has 0 aromatic heterocycles. The molecular formula is C14H23ClN2O3. The van der Waals surface area contributed by atoms with Crippen molar-refractivity contribution in [2.75, 3.05) is 19.1 Å². The highest BCUT2D eigenvalue weighted by molar-refractivity contribution is 6.18. The van der Waals surface area contributed by atoms with Gasteiger partial charge >= 0.3 is 6.09 Å². The van der Waals surface area contributed by atoms with E-state index in [4.69, 9.17) is 16.3 Å². The van der Waals surface area contributed by atoms with Crippen molar-refractivity contribution in [2.45, 2.75) is 39.2 Å². The predicted molar refractivity (Wildman–Crippen MR) is 76.4 cm³/mol. The zero-order chi connectivity index (χ0) is 14.9. The molecule has 1 heterocycles. The highest BCUT2D eigenvalue weighted by Crippen LogP contribution is 2.41. The normalized spacial score (nSPS) is 29.2. The lowest BCUT2D eigenvalue weighted by atomic mass is 10.0. The molecule has 20 heavy (non-hydrogen) atoms. The second kappa shape index (κ2) is 5.80. The van der Waals surface area contributed by atoms with Crippen molar-refractivity contribution in [3.05, 3.63) is 0 Å². The van der Waals surface area contributed by atoms with Crippen molar-refractivity contribution in [3.8, 4) is 0 Å². The third-order valence-corrected chi connectivity index (χ3v) is 4.15. The van der Waals surface area contributed by atoms with E-state index in [1.165, 1.54) is 0 Å². The maximum atomic E-state index is 12.0. The molecule has 1 N–H and O–H groups in total. The molecule has 2 unspecified atom stereocenters. The van der Waals surface area contributed by atoms with Crippen molar-refractivity contribution in [1.82, 2.24) is 10.2 Å². The number of rotatable bonds is 2. The van der Waals surface area contributed by atoms with Gasteiger partial charge in [0.2, 0.25) is 5.91 Å². The third kappa shape index (κ3) is 3.57. The Morgan fingerprint density at radius 3 is 2.25 bits per heavy atom. The lowest BCUT2D eigenvalue weighted by molar-refractivity contribution is -0.124. The van der Waals surface area contributed by atoms with Crippen LogP contribution >= 0.6 is 11.6 Å². The highest BCUT2D eigenvalue weighted by atomic mass is 35.5. The number of ether oxygens (including phenoxy) is 1. The van der Waals surface area contributed by atoms with Crippen LogP contribution in [0.15, 0.2) is 0 Å². The number of carbonyl (C=O) groups is 2. The molecule has 2 atom stereocenters. The third-order valence-electron chi connectivity index (χ3n) is 4.01. The smallest absolute Gasteiger partial charge is 0.410 e. The Balaban J connectivity index is 1.85. The van der Waals surface area contributed by atoms with Crippen LogP contribution in [0.25, 0.3) is 0 Å². The van der Waals surface area contributed by atoms with Gasteiger partial charge in [-0.1, -0.05) is 0 Å². The summed E-state index contributed by atoms with van der Waals surface area (Å²) in [5, 5.41) is 2.66. The molecule has 1 saturated carbocycles. The fraction of sp³-hybridized carbons (Fsp3) is 0.857. The first kappa shape index (κ1) is 15.4. The van der Waals surface area contributed by atoms with E-state index in [1.807, 2.05) is 20.8 Å². The molecule has 1 aliphatic carbocycles. The highest BCUT2D eigenvalue weighted by Gasteiger charge is 2.45. The van der Waals surface area contributed by atoms with Gasteiger partial charge in [-0.3, -0.25) is 4.79 Å². The number of carbonyl (C=O) groups excluding carboxylic acids is 2. The fourth-order valence-electron chi connectivity index (χ4n) is 3.20. The molecule has 0 aromatic carbocycles. The van der Waals surface area contributed by atoms with Crippen molar-refractivity contribution in [2.24, 2.45) is 17.8 Å². The molecule has 0 bridgehead atoms. The Kier molecular flexibility index (Phi) is 4.47. The van der Waals surface area contributed by atoms with E-state index >= 15 is 0 Å². The number of nitrogens with one attached hydrogen (secondary N) is 1.